The largest absolute Gasteiger partial charge is 0.303 e. The van der Waals surface area contributed by atoms with E-state index in [4.69, 9.17) is 0 Å². The Morgan fingerprint density at radius 2 is 1.71 bits per heavy atom. The normalized spacial score (nSPS) is 26.5. The molecule has 1 heterocycles. The smallest absolute Gasteiger partial charge is 0.247 e. The molecule has 2 fully saturated rings. The number of imide groups is 1. The molecule has 0 aromatic heterocycles. The van der Waals surface area contributed by atoms with Crippen molar-refractivity contribution in [3.63, 3.8) is 0 Å². The van der Waals surface area contributed by atoms with E-state index in [0.717, 1.165) is 32.1 Å². The molecule has 0 radical (unpaired) electrons. The number of nitrogens with one attached hydrogen (secondary N) is 1. The van der Waals surface area contributed by atoms with Gasteiger partial charge in [-0.15, -0.1) is 0 Å². The number of hydrogen-bond acceptors (Lipinski definition) is 3. The molecular formula is C17H30N2O2. The Morgan fingerprint density at radius 3 is 2.29 bits per heavy atom. The minimum Gasteiger partial charge on any atom is -0.303 e. The van der Waals surface area contributed by atoms with Crippen molar-refractivity contribution in [1.82, 2.24) is 10.2 Å². The molecule has 2 amide bonds. The Bertz CT molecular complexity index is 373. The number of carbonyl (C=O) groups excluding carboxylic acids is 2. The highest BCUT2D eigenvalue weighted by molar-refractivity contribution is 6.05. The summed E-state index contributed by atoms with van der Waals surface area (Å²) in [4.78, 5) is 26.5. The molecule has 2 unspecified atom stereocenters. The number of amides is 2. The number of likely N-dealkylation sites (tertiary alicyclic amines) is 1. The van der Waals surface area contributed by atoms with Crippen molar-refractivity contribution in [2.75, 3.05) is 0 Å². The van der Waals surface area contributed by atoms with Gasteiger partial charge in [-0.1, -0.05) is 39.5 Å². The monoisotopic (exact) mass is 294 g/mol. The molecule has 0 aromatic carbocycles. The predicted molar refractivity (Wildman–Crippen MR) is 83.8 cm³/mol. The van der Waals surface area contributed by atoms with Gasteiger partial charge in [-0.25, -0.2) is 0 Å². The Kier molecular flexibility index (Phi) is 5.80. The summed E-state index contributed by atoms with van der Waals surface area (Å²) in [5.41, 5.74) is 0. The molecule has 1 aliphatic carbocycles. The number of hydrogen-bond donors (Lipinski definition) is 1. The van der Waals surface area contributed by atoms with Gasteiger partial charge in [-0.3, -0.25) is 14.5 Å². The first-order valence-electron chi connectivity index (χ1n) is 8.61. The molecule has 120 valence electrons. The zero-order valence-corrected chi connectivity index (χ0v) is 13.7. The fourth-order valence-corrected chi connectivity index (χ4v) is 3.80. The maximum absolute atomic E-state index is 12.6. The van der Waals surface area contributed by atoms with Crippen LogP contribution in [0, 0.1) is 5.92 Å². The maximum atomic E-state index is 12.6. The van der Waals surface area contributed by atoms with Gasteiger partial charge >= 0.3 is 0 Å². The SMILES string of the molecule is CC(C)CC(C)NC1CC(=O)N(C2CCCCCC2)C1=O. The second-order valence-electron chi connectivity index (χ2n) is 7.20. The topological polar surface area (TPSA) is 49.4 Å². The average molecular weight is 294 g/mol. The van der Waals surface area contributed by atoms with Crippen LogP contribution in [0.3, 0.4) is 0 Å². The summed E-state index contributed by atoms with van der Waals surface area (Å²) in [6.45, 7) is 6.46. The zero-order valence-electron chi connectivity index (χ0n) is 13.7. The molecule has 4 nitrogen and oxygen atoms in total. The summed E-state index contributed by atoms with van der Waals surface area (Å²) in [5.74, 6) is 0.640. The minimum absolute atomic E-state index is 0.0162. The van der Waals surface area contributed by atoms with E-state index in [1.54, 1.807) is 4.90 Å². The van der Waals surface area contributed by atoms with Crippen LogP contribution in [0.5, 0.6) is 0 Å². The molecular weight excluding hydrogens is 264 g/mol. The van der Waals surface area contributed by atoms with Crippen LogP contribution in [-0.4, -0.2) is 34.8 Å². The fraction of sp³-hybridized carbons (Fsp3) is 0.882. The molecule has 0 bridgehead atoms. The van der Waals surface area contributed by atoms with Gasteiger partial charge in [0.15, 0.2) is 0 Å². The molecule has 2 atom stereocenters. The Balaban J connectivity index is 1.95. The van der Waals surface area contributed by atoms with Crippen molar-refractivity contribution in [1.29, 1.82) is 0 Å². The highest BCUT2D eigenvalue weighted by Gasteiger charge is 2.42. The van der Waals surface area contributed by atoms with Crippen LogP contribution in [-0.2, 0) is 9.59 Å². The van der Waals surface area contributed by atoms with Gasteiger partial charge < -0.3 is 5.32 Å². The summed E-state index contributed by atoms with van der Waals surface area (Å²) in [6, 6.07) is 0.134. The van der Waals surface area contributed by atoms with Crippen LogP contribution in [0.15, 0.2) is 0 Å². The molecule has 1 aliphatic heterocycles. The van der Waals surface area contributed by atoms with E-state index in [-0.39, 0.29) is 29.9 Å². The van der Waals surface area contributed by atoms with Crippen LogP contribution in [0.25, 0.3) is 0 Å². The standard InChI is InChI=1S/C17H30N2O2/c1-12(2)10-13(3)18-15-11-16(20)19(17(15)21)14-8-6-4-5-7-9-14/h12-15,18H,4-11H2,1-3H3. The fourth-order valence-electron chi connectivity index (χ4n) is 3.80. The lowest BCUT2D eigenvalue weighted by Gasteiger charge is -2.26. The molecule has 2 aliphatic rings. The quantitative estimate of drug-likeness (QED) is 0.626. The van der Waals surface area contributed by atoms with E-state index in [9.17, 15) is 9.59 Å². The third-order valence-electron chi connectivity index (χ3n) is 4.68. The second kappa shape index (κ2) is 7.39. The van der Waals surface area contributed by atoms with Gasteiger partial charge in [0.1, 0.15) is 0 Å². The Hall–Kier alpha value is -0.900. The first-order chi connectivity index (χ1) is 9.99. The van der Waals surface area contributed by atoms with Gasteiger partial charge in [-0.05, 0) is 32.1 Å². The third kappa shape index (κ3) is 4.29. The Morgan fingerprint density at radius 1 is 1.10 bits per heavy atom. The maximum Gasteiger partial charge on any atom is 0.247 e. The molecule has 0 aromatic rings. The lowest BCUT2D eigenvalue weighted by atomic mass is 10.0. The van der Waals surface area contributed by atoms with Crippen molar-refractivity contribution >= 4 is 11.8 Å². The zero-order chi connectivity index (χ0) is 15.4. The first-order valence-corrected chi connectivity index (χ1v) is 8.61. The summed E-state index contributed by atoms with van der Waals surface area (Å²) in [6.07, 6.45) is 8.11. The number of rotatable bonds is 5. The molecule has 4 heteroatoms. The van der Waals surface area contributed by atoms with E-state index in [1.807, 2.05) is 0 Å². The van der Waals surface area contributed by atoms with Gasteiger partial charge in [0, 0.05) is 12.1 Å². The lowest BCUT2D eigenvalue weighted by Crippen LogP contribution is -2.46. The van der Waals surface area contributed by atoms with Crippen molar-refractivity contribution in [3.05, 3.63) is 0 Å². The van der Waals surface area contributed by atoms with E-state index in [2.05, 4.69) is 26.1 Å². The Labute approximate surface area is 128 Å². The average Bonchev–Trinajstić information content (AvgIpc) is 2.59. The van der Waals surface area contributed by atoms with Crippen molar-refractivity contribution in [2.45, 2.75) is 90.3 Å². The summed E-state index contributed by atoms with van der Waals surface area (Å²) < 4.78 is 0. The van der Waals surface area contributed by atoms with E-state index < -0.39 is 0 Å². The molecule has 0 spiro atoms. The molecule has 1 saturated heterocycles. The van der Waals surface area contributed by atoms with E-state index in [1.165, 1.54) is 12.8 Å². The van der Waals surface area contributed by atoms with Crippen LogP contribution in [0.1, 0.15) is 72.1 Å². The first kappa shape index (κ1) is 16.5. The van der Waals surface area contributed by atoms with Gasteiger partial charge in [-0.2, -0.15) is 0 Å². The molecule has 1 N–H and O–H groups in total. The highest BCUT2D eigenvalue weighted by atomic mass is 16.2. The van der Waals surface area contributed by atoms with Crippen LogP contribution in [0.2, 0.25) is 0 Å². The van der Waals surface area contributed by atoms with E-state index in [0.29, 0.717) is 12.3 Å². The van der Waals surface area contributed by atoms with Crippen LogP contribution >= 0.6 is 0 Å². The second-order valence-corrected chi connectivity index (χ2v) is 7.20. The highest BCUT2D eigenvalue weighted by Crippen LogP contribution is 2.27. The van der Waals surface area contributed by atoms with Crippen LogP contribution < -0.4 is 5.32 Å². The number of nitrogens with zero attached hydrogens (tertiary/aromatic N) is 1. The molecule has 2 rings (SSSR count). The molecule has 1 saturated carbocycles. The van der Waals surface area contributed by atoms with Crippen molar-refractivity contribution < 1.29 is 9.59 Å². The summed E-state index contributed by atoms with van der Waals surface area (Å²) >= 11 is 0. The van der Waals surface area contributed by atoms with Gasteiger partial charge in [0.05, 0.1) is 12.5 Å². The van der Waals surface area contributed by atoms with Gasteiger partial charge in [0.25, 0.3) is 0 Å². The number of carbonyl (C=O) groups is 2. The third-order valence-corrected chi connectivity index (χ3v) is 4.68. The van der Waals surface area contributed by atoms with Crippen molar-refractivity contribution in [2.24, 2.45) is 5.92 Å². The predicted octanol–water partition coefficient (Wildman–Crippen LogP) is 2.86. The van der Waals surface area contributed by atoms with Crippen molar-refractivity contribution in [3.8, 4) is 0 Å². The van der Waals surface area contributed by atoms with Gasteiger partial charge in [0.2, 0.25) is 11.8 Å². The molecule has 21 heavy (non-hydrogen) atoms. The van der Waals surface area contributed by atoms with Crippen LogP contribution in [0.4, 0.5) is 0 Å². The summed E-state index contributed by atoms with van der Waals surface area (Å²) in [5, 5.41) is 3.36. The minimum atomic E-state index is -0.297. The summed E-state index contributed by atoms with van der Waals surface area (Å²) in [7, 11) is 0. The lowest BCUT2D eigenvalue weighted by molar-refractivity contribution is -0.141. The van der Waals surface area contributed by atoms with E-state index >= 15 is 0 Å².